The fourth-order valence-electron chi connectivity index (χ4n) is 1.63. The molecule has 1 aromatic rings. The number of aliphatic carboxylic acids is 1. The van der Waals surface area contributed by atoms with E-state index in [1.807, 2.05) is 6.92 Å². The zero-order valence-electron chi connectivity index (χ0n) is 11.3. The Morgan fingerprint density at radius 2 is 2.00 bits per heavy atom. The molecular formula is C13H19NO4S2. The smallest absolute Gasteiger partial charge is 0.321 e. The summed E-state index contributed by atoms with van der Waals surface area (Å²) in [7, 11) is -3.66. The van der Waals surface area contributed by atoms with Gasteiger partial charge >= 0.3 is 5.97 Å². The van der Waals surface area contributed by atoms with Gasteiger partial charge in [-0.05, 0) is 23.5 Å². The molecule has 0 aliphatic rings. The summed E-state index contributed by atoms with van der Waals surface area (Å²) in [6.07, 6.45) is 0.280. The Kier molecular flexibility index (Phi) is 7.04. The van der Waals surface area contributed by atoms with Crippen molar-refractivity contribution in [1.82, 2.24) is 4.72 Å². The third-order valence-electron chi connectivity index (χ3n) is 2.57. The number of hydrogen-bond acceptors (Lipinski definition) is 4. The van der Waals surface area contributed by atoms with Gasteiger partial charge in [-0.3, -0.25) is 4.79 Å². The highest BCUT2D eigenvalue weighted by molar-refractivity contribution is 7.99. The Balaban J connectivity index is 2.64. The van der Waals surface area contributed by atoms with Crippen molar-refractivity contribution in [2.24, 2.45) is 0 Å². The van der Waals surface area contributed by atoms with Gasteiger partial charge in [0.25, 0.3) is 0 Å². The molecule has 0 aliphatic heterocycles. The first kappa shape index (κ1) is 17.0. The van der Waals surface area contributed by atoms with Crippen molar-refractivity contribution in [3.63, 3.8) is 0 Å². The van der Waals surface area contributed by atoms with E-state index in [1.54, 1.807) is 42.1 Å². The monoisotopic (exact) mass is 317 g/mol. The van der Waals surface area contributed by atoms with Gasteiger partial charge in [0.1, 0.15) is 6.04 Å². The summed E-state index contributed by atoms with van der Waals surface area (Å²) in [6.45, 7) is 1.97. The van der Waals surface area contributed by atoms with Crippen LogP contribution in [0.4, 0.5) is 0 Å². The van der Waals surface area contributed by atoms with Gasteiger partial charge in [-0.1, -0.05) is 37.3 Å². The van der Waals surface area contributed by atoms with E-state index in [2.05, 4.69) is 4.72 Å². The van der Waals surface area contributed by atoms with E-state index in [0.717, 1.165) is 5.75 Å². The summed E-state index contributed by atoms with van der Waals surface area (Å²) >= 11 is 1.59. The molecule has 0 saturated heterocycles. The van der Waals surface area contributed by atoms with Crippen LogP contribution in [0.2, 0.25) is 0 Å². The van der Waals surface area contributed by atoms with Crippen LogP contribution >= 0.6 is 11.8 Å². The third-order valence-corrected chi connectivity index (χ3v) is 4.86. The summed E-state index contributed by atoms with van der Waals surface area (Å²) in [6, 6.07) is 7.62. The average Bonchev–Trinajstić information content (AvgIpc) is 2.38. The molecule has 5 nitrogen and oxygen atoms in total. The van der Waals surface area contributed by atoms with Crippen LogP contribution < -0.4 is 4.72 Å². The van der Waals surface area contributed by atoms with Crippen molar-refractivity contribution in [3.05, 3.63) is 35.9 Å². The molecular weight excluding hydrogens is 298 g/mol. The molecule has 1 rings (SSSR count). The van der Waals surface area contributed by atoms with Gasteiger partial charge in [-0.2, -0.15) is 11.8 Å². The number of thioether (sulfide) groups is 1. The van der Waals surface area contributed by atoms with Crippen LogP contribution in [0.3, 0.4) is 0 Å². The zero-order chi connectivity index (χ0) is 15.0. The van der Waals surface area contributed by atoms with Gasteiger partial charge in [0.2, 0.25) is 10.0 Å². The average molecular weight is 317 g/mol. The van der Waals surface area contributed by atoms with E-state index in [9.17, 15) is 13.2 Å². The number of carbonyl (C=O) groups is 1. The van der Waals surface area contributed by atoms with Gasteiger partial charge < -0.3 is 5.11 Å². The van der Waals surface area contributed by atoms with Gasteiger partial charge in [0, 0.05) is 0 Å². The van der Waals surface area contributed by atoms with E-state index in [0.29, 0.717) is 11.3 Å². The minimum absolute atomic E-state index is 0.210. The van der Waals surface area contributed by atoms with E-state index in [4.69, 9.17) is 5.11 Å². The van der Waals surface area contributed by atoms with Crippen molar-refractivity contribution in [3.8, 4) is 0 Å². The second-order valence-corrected chi connectivity index (χ2v) is 7.39. The predicted molar refractivity (Wildman–Crippen MR) is 81.2 cm³/mol. The normalized spacial score (nSPS) is 13.1. The second kappa shape index (κ2) is 8.28. The Morgan fingerprint density at radius 1 is 1.35 bits per heavy atom. The highest BCUT2D eigenvalue weighted by Crippen LogP contribution is 2.08. The summed E-state index contributed by atoms with van der Waals surface area (Å²) in [4.78, 5) is 11.1. The molecule has 1 unspecified atom stereocenters. The summed E-state index contributed by atoms with van der Waals surface area (Å²) < 4.78 is 26.2. The predicted octanol–water partition coefficient (Wildman–Crippen LogP) is 1.70. The van der Waals surface area contributed by atoms with Crippen LogP contribution in [0, 0.1) is 0 Å². The molecule has 0 aromatic heterocycles. The van der Waals surface area contributed by atoms with Crippen LogP contribution in [0.1, 0.15) is 18.9 Å². The number of carboxylic acids is 1. The molecule has 0 saturated carbocycles. The lowest BCUT2D eigenvalue weighted by atomic mass is 10.2. The minimum Gasteiger partial charge on any atom is -0.480 e. The van der Waals surface area contributed by atoms with E-state index in [1.165, 1.54) is 0 Å². The van der Waals surface area contributed by atoms with Crippen LogP contribution in [0.5, 0.6) is 0 Å². The summed E-state index contributed by atoms with van der Waals surface area (Å²) in [5.74, 6) is 0.140. The Hall–Kier alpha value is -1.05. The first-order valence-corrected chi connectivity index (χ1v) is 9.10. The molecule has 7 heteroatoms. The number of hydrogen-bond donors (Lipinski definition) is 2. The lowest BCUT2D eigenvalue weighted by molar-refractivity contribution is -0.139. The fourth-order valence-corrected chi connectivity index (χ4v) is 3.69. The number of benzene rings is 1. The number of rotatable bonds is 9. The molecule has 1 atom stereocenters. The topological polar surface area (TPSA) is 83.5 Å². The van der Waals surface area contributed by atoms with Gasteiger partial charge in [-0.25, -0.2) is 13.1 Å². The zero-order valence-corrected chi connectivity index (χ0v) is 12.9. The molecule has 0 radical (unpaired) electrons. The van der Waals surface area contributed by atoms with Crippen LogP contribution in [-0.2, 0) is 20.6 Å². The maximum atomic E-state index is 12.0. The molecule has 20 heavy (non-hydrogen) atoms. The van der Waals surface area contributed by atoms with Crippen molar-refractivity contribution < 1.29 is 18.3 Å². The molecule has 0 bridgehead atoms. The highest BCUT2D eigenvalue weighted by Gasteiger charge is 2.23. The SMILES string of the molecule is CCSCCC(NS(=O)(=O)Cc1ccccc1)C(=O)O. The molecule has 1 aromatic carbocycles. The minimum atomic E-state index is -3.66. The molecule has 0 amide bonds. The molecule has 2 N–H and O–H groups in total. The Morgan fingerprint density at radius 3 is 2.55 bits per heavy atom. The third kappa shape index (κ3) is 6.40. The molecule has 0 heterocycles. The van der Waals surface area contributed by atoms with Crippen molar-refractivity contribution in [2.75, 3.05) is 11.5 Å². The number of carboxylic acid groups (broad SMARTS) is 1. The molecule has 112 valence electrons. The van der Waals surface area contributed by atoms with Crippen LogP contribution in [0.15, 0.2) is 30.3 Å². The number of nitrogens with one attached hydrogen (secondary N) is 1. The lowest BCUT2D eigenvalue weighted by Crippen LogP contribution is -2.41. The van der Waals surface area contributed by atoms with Crippen molar-refractivity contribution in [1.29, 1.82) is 0 Å². The van der Waals surface area contributed by atoms with Crippen LogP contribution in [-0.4, -0.2) is 37.0 Å². The molecule has 0 spiro atoms. The van der Waals surface area contributed by atoms with Crippen molar-refractivity contribution >= 4 is 27.8 Å². The summed E-state index contributed by atoms with van der Waals surface area (Å²) in [5.41, 5.74) is 0.632. The van der Waals surface area contributed by atoms with E-state index >= 15 is 0 Å². The van der Waals surface area contributed by atoms with Gasteiger partial charge in [0.15, 0.2) is 0 Å². The molecule has 0 fully saturated rings. The lowest BCUT2D eigenvalue weighted by Gasteiger charge is -2.14. The first-order valence-electron chi connectivity index (χ1n) is 6.29. The Labute approximate surface area is 123 Å². The Bertz CT molecular complexity index is 516. The van der Waals surface area contributed by atoms with Gasteiger partial charge in [0.05, 0.1) is 5.75 Å². The first-order chi connectivity index (χ1) is 9.44. The fraction of sp³-hybridized carbons (Fsp3) is 0.462. The molecule has 0 aliphatic carbocycles. The standard InChI is InChI=1S/C13H19NO4S2/c1-2-19-9-8-12(13(15)16)14-20(17,18)10-11-6-4-3-5-7-11/h3-7,12,14H,2,8-10H2,1H3,(H,15,16). The second-order valence-electron chi connectivity index (χ2n) is 4.24. The number of sulfonamides is 1. The van der Waals surface area contributed by atoms with E-state index < -0.39 is 22.0 Å². The van der Waals surface area contributed by atoms with Gasteiger partial charge in [-0.15, -0.1) is 0 Å². The maximum Gasteiger partial charge on any atom is 0.321 e. The largest absolute Gasteiger partial charge is 0.480 e. The quantitative estimate of drug-likeness (QED) is 0.677. The maximum absolute atomic E-state index is 12.0. The summed E-state index contributed by atoms with van der Waals surface area (Å²) in [5, 5.41) is 9.07. The van der Waals surface area contributed by atoms with Crippen molar-refractivity contribution in [2.45, 2.75) is 25.1 Å². The van der Waals surface area contributed by atoms with Crippen LogP contribution in [0.25, 0.3) is 0 Å². The van der Waals surface area contributed by atoms with E-state index in [-0.39, 0.29) is 12.2 Å². The highest BCUT2D eigenvalue weighted by atomic mass is 32.2.